The maximum Gasteiger partial charge on any atom is 0.234 e. The highest BCUT2D eigenvalue weighted by molar-refractivity contribution is 8.00. The first-order valence-corrected chi connectivity index (χ1v) is 10.8. The monoisotopic (exact) mass is 420 g/mol. The molecule has 0 aliphatic rings. The maximum atomic E-state index is 12.6. The van der Waals surface area contributed by atoms with Gasteiger partial charge in [-0.05, 0) is 56.5 Å². The van der Waals surface area contributed by atoms with Gasteiger partial charge in [-0.15, -0.1) is 0 Å². The van der Waals surface area contributed by atoms with Crippen LogP contribution in [-0.4, -0.2) is 26.2 Å². The molecule has 0 radical (unpaired) electrons. The van der Waals surface area contributed by atoms with Crippen molar-refractivity contribution in [2.45, 2.75) is 39.3 Å². The van der Waals surface area contributed by atoms with Crippen molar-refractivity contribution < 1.29 is 9.21 Å². The summed E-state index contributed by atoms with van der Waals surface area (Å²) in [7, 11) is 0. The fraction of sp³-hybridized carbons (Fsp3) is 0.261. The van der Waals surface area contributed by atoms with Crippen molar-refractivity contribution in [3.8, 4) is 0 Å². The molecule has 0 atom stereocenters. The maximum absolute atomic E-state index is 12.6. The van der Waals surface area contributed by atoms with Crippen LogP contribution in [0.3, 0.4) is 0 Å². The number of carbonyl (C=O) groups is 1. The van der Waals surface area contributed by atoms with Gasteiger partial charge in [0.15, 0.2) is 0 Å². The molecule has 6 nitrogen and oxygen atoms in total. The van der Waals surface area contributed by atoms with Crippen LogP contribution in [0.1, 0.15) is 28.1 Å². The molecular weight excluding hydrogens is 396 g/mol. The van der Waals surface area contributed by atoms with E-state index in [1.165, 1.54) is 11.8 Å². The number of nitrogens with one attached hydrogen (secondary N) is 1. The first kappa shape index (κ1) is 20.2. The van der Waals surface area contributed by atoms with Crippen molar-refractivity contribution in [3.05, 3.63) is 71.1 Å². The Morgan fingerprint density at radius 2 is 1.87 bits per heavy atom. The minimum absolute atomic E-state index is 0.0476. The Morgan fingerprint density at radius 3 is 2.57 bits per heavy atom. The molecule has 0 saturated heterocycles. The Balaban J connectivity index is 1.57. The molecule has 1 N–H and O–H groups in total. The highest BCUT2D eigenvalue weighted by Gasteiger charge is 2.18. The summed E-state index contributed by atoms with van der Waals surface area (Å²) in [6, 6.07) is 9.82. The normalized spacial score (nSPS) is 11.2. The van der Waals surface area contributed by atoms with Gasteiger partial charge in [0.2, 0.25) is 5.91 Å². The standard InChI is InChI=1S/C23H24N4O2S/c1-14-7-5-8-15(2)21(14)26-19(28)12-30-23-20-16(3)17(4)27(22(20)24-13-25-23)11-18-9-6-10-29-18/h5-10,13H,11-12H2,1-4H3,(H,26,28). The van der Waals surface area contributed by atoms with Crippen molar-refractivity contribution in [3.63, 3.8) is 0 Å². The third kappa shape index (κ3) is 3.85. The van der Waals surface area contributed by atoms with Gasteiger partial charge in [-0.2, -0.15) is 0 Å². The number of benzene rings is 1. The van der Waals surface area contributed by atoms with Gasteiger partial charge in [-0.1, -0.05) is 30.0 Å². The summed E-state index contributed by atoms with van der Waals surface area (Å²) in [5.41, 5.74) is 6.08. The summed E-state index contributed by atoms with van der Waals surface area (Å²) in [4.78, 5) is 21.6. The quantitative estimate of drug-likeness (QED) is 0.350. The molecule has 4 rings (SSSR count). The first-order valence-electron chi connectivity index (χ1n) is 9.77. The average Bonchev–Trinajstić information content (AvgIpc) is 3.33. The van der Waals surface area contributed by atoms with Crippen molar-refractivity contribution in [1.82, 2.24) is 14.5 Å². The van der Waals surface area contributed by atoms with E-state index in [4.69, 9.17) is 4.42 Å². The summed E-state index contributed by atoms with van der Waals surface area (Å²) < 4.78 is 7.64. The number of nitrogens with zero attached hydrogens (tertiary/aromatic N) is 3. The van der Waals surface area contributed by atoms with Gasteiger partial charge in [0.1, 0.15) is 22.8 Å². The van der Waals surface area contributed by atoms with Crippen LogP contribution in [0.5, 0.6) is 0 Å². The molecule has 3 heterocycles. The summed E-state index contributed by atoms with van der Waals surface area (Å²) in [5.74, 6) is 1.10. The Morgan fingerprint density at radius 1 is 1.10 bits per heavy atom. The minimum Gasteiger partial charge on any atom is -0.467 e. The molecule has 0 saturated carbocycles. The van der Waals surface area contributed by atoms with E-state index in [-0.39, 0.29) is 11.7 Å². The van der Waals surface area contributed by atoms with Crippen LogP contribution >= 0.6 is 11.8 Å². The zero-order valence-electron chi connectivity index (χ0n) is 17.5. The smallest absolute Gasteiger partial charge is 0.234 e. The number of aryl methyl sites for hydroxylation is 3. The third-order valence-electron chi connectivity index (χ3n) is 5.35. The van der Waals surface area contributed by atoms with Crippen LogP contribution in [0.2, 0.25) is 0 Å². The second kappa shape index (κ2) is 8.36. The van der Waals surface area contributed by atoms with Crippen LogP contribution in [-0.2, 0) is 11.3 Å². The molecule has 1 aromatic carbocycles. The largest absolute Gasteiger partial charge is 0.467 e. The molecule has 0 fully saturated rings. The number of carbonyl (C=O) groups excluding carboxylic acids is 1. The lowest BCUT2D eigenvalue weighted by molar-refractivity contribution is -0.113. The highest BCUT2D eigenvalue weighted by Crippen LogP contribution is 2.32. The molecule has 0 aliphatic carbocycles. The van der Waals surface area contributed by atoms with Crippen molar-refractivity contribution in [2.24, 2.45) is 0 Å². The fourth-order valence-electron chi connectivity index (χ4n) is 3.62. The van der Waals surface area contributed by atoms with Gasteiger partial charge in [-0.25, -0.2) is 9.97 Å². The molecular formula is C23H24N4O2S. The van der Waals surface area contributed by atoms with Crippen molar-refractivity contribution >= 4 is 34.4 Å². The van der Waals surface area contributed by atoms with Gasteiger partial charge in [0, 0.05) is 11.4 Å². The third-order valence-corrected chi connectivity index (χ3v) is 6.34. The SMILES string of the molecule is Cc1cccc(C)c1NC(=O)CSc1ncnc2c1c(C)c(C)n2Cc1ccco1. The average molecular weight is 421 g/mol. The lowest BCUT2D eigenvalue weighted by atomic mass is 10.1. The second-order valence-corrected chi connectivity index (χ2v) is 8.32. The summed E-state index contributed by atoms with van der Waals surface area (Å²) in [5, 5.41) is 4.84. The summed E-state index contributed by atoms with van der Waals surface area (Å²) in [6.45, 7) is 8.75. The van der Waals surface area contributed by atoms with Gasteiger partial charge in [0.05, 0.1) is 23.9 Å². The second-order valence-electron chi connectivity index (χ2n) is 7.36. The van der Waals surface area contributed by atoms with Gasteiger partial charge in [0.25, 0.3) is 0 Å². The van der Waals surface area contributed by atoms with Crippen molar-refractivity contribution in [2.75, 3.05) is 11.1 Å². The number of rotatable bonds is 6. The van der Waals surface area contributed by atoms with E-state index in [9.17, 15) is 4.79 Å². The number of thioether (sulfide) groups is 1. The Hall–Kier alpha value is -3.06. The minimum atomic E-state index is -0.0476. The Kier molecular flexibility index (Phi) is 5.63. The van der Waals surface area contributed by atoms with E-state index in [0.717, 1.165) is 49.9 Å². The molecule has 0 aliphatic heterocycles. The van der Waals surface area contributed by atoms with E-state index in [1.807, 2.05) is 44.2 Å². The van der Waals surface area contributed by atoms with E-state index < -0.39 is 0 Å². The number of fused-ring (bicyclic) bond motifs is 1. The predicted molar refractivity (Wildman–Crippen MR) is 120 cm³/mol. The van der Waals surface area contributed by atoms with Gasteiger partial charge in [-0.3, -0.25) is 4.79 Å². The number of aromatic nitrogens is 3. The topological polar surface area (TPSA) is 73.0 Å². The van der Waals surface area contributed by atoms with E-state index in [1.54, 1.807) is 12.6 Å². The molecule has 0 spiro atoms. The van der Waals surface area contributed by atoms with Gasteiger partial charge < -0.3 is 14.3 Å². The first-order chi connectivity index (χ1) is 14.5. The number of para-hydroxylation sites is 1. The van der Waals surface area contributed by atoms with Crippen LogP contribution in [0.4, 0.5) is 5.69 Å². The molecule has 4 aromatic rings. The van der Waals surface area contributed by atoms with Crippen LogP contribution in [0.25, 0.3) is 11.0 Å². The van der Waals surface area contributed by atoms with Gasteiger partial charge >= 0.3 is 0 Å². The summed E-state index contributed by atoms with van der Waals surface area (Å²) in [6.07, 6.45) is 3.24. The molecule has 0 bridgehead atoms. The van der Waals surface area contributed by atoms with Crippen LogP contribution < -0.4 is 5.32 Å². The number of amides is 1. The Labute approximate surface area is 179 Å². The number of hydrogen-bond donors (Lipinski definition) is 1. The molecule has 1 amide bonds. The number of hydrogen-bond acceptors (Lipinski definition) is 5. The van der Waals surface area contributed by atoms with E-state index >= 15 is 0 Å². The Bertz CT molecular complexity index is 1190. The number of furan rings is 1. The lowest BCUT2D eigenvalue weighted by Crippen LogP contribution is -2.15. The van der Waals surface area contributed by atoms with E-state index in [2.05, 4.69) is 33.7 Å². The van der Waals surface area contributed by atoms with Crippen LogP contribution in [0.15, 0.2) is 52.4 Å². The van der Waals surface area contributed by atoms with Crippen molar-refractivity contribution in [1.29, 1.82) is 0 Å². The molecule has 0 unspecified atom stereocenters. The fourth-order valence-corrected chi connectivity index (χ4v) is 4.47. The summed E-state index contributed by atoms with van der Waals surface area (Å²) >= 11 is 1.43. The molecule has 7 heteroatoms. The zero-order valence-corrected chi connectivity index (χ0v) is 18.3. The molecule has 154 valence electrons. The highest BCUT2D eigenvalue weighted by atomic mass is 32.2. The van der Waals surface area contributed by atoms with Crippen LogP contribution in [0, 0.1) is 27.7 Å². The molecule has 30 heavy (non-hydrogen) atoms. The number of anilines is 1. The zero-order chi connectivity index (χ0) is 21.3. The van der Waals surface area contributed by atoms with E-state index in [0.29, 0.717) is 6.54 Å². The lowest BCUT2D eigenvalue weighted by Gasteiger charge is -2.11. The molecule has 3 aromatic heterocycles. The predicted octanol–water partition coefficient (Wildman–Crippen LogP) is 5.04.